The molecule has 2 aliphatic rings. The minimum absolute atomic E-state index is 0.231. The largest absolute Gasteiger partial charge is 0.480 e. The number of benzene rings is 1. The standard InChI is InChI=1S/C15H17N3O5/c19-12-5-4-11(14(22)17-12)18-7-9-8(15(18)23)2-1-3-10(9)16-6-13(20)21/h1-3,11,15-16,23H,4-7H2,(H,20,21)(H,17,19,22). The lowest BCUT2D eigenvalue weighted by atomic mass is 10.0. The summed E-state index contributed by atoms with van der Waals surface area (Å²) in [5, 5.41) is 24.4. The number of aliphatic hydroxyl groups is 1. The van der Waals surface area contributed by atoms with Crippen LogP contribution in [0.5, 0.6) is 0 Å². The Morgan fingerprint density at radius 1 is 1.39 bits per heavy atom. The predicted octanol–water partition coefficient (Wildman–Crippen LogP) is -0.205. The molecule has 1 fully saturated rings. The molecule has 0 bridgehead atoms. The first-order chi connectivity index (χ1) is 11.0. The number of piperidine rings is 1. The minimum Gasteiger partial charge on any atom is -0.480 e. The lowest BCUT2D eigenvalue weighted by molar-refractivity contribution is -0.142. The van der Waals surface area contributed by atoms with E-state index in [1.165, 1.54) is 0 Å². The maximum atomic E-state index is 12.0. The maximum absolute atomic E-state index is 12.0. The Morgan fingerprint density at radius 3 is 2.87 bits per heavy atom. The second-order valence-corrected chi connectivity index (χ2v) is 5.63. The molecule has 2 heterocycles. The van der Waals surface area contributed by atoms with Crippen molar-refractivity contribution in [3.8, 4) is 0 Å². The summed E-state index contributed by atoms with van der Waals surface area (Å²) in [4.78, 5) is 35.6. The van der Waals surface area contributed by atoms with Crippen LogP contribution in [-0.4, -0.2) is 45.5 Å². The molecule has 1 saturated heterocycles. The van der Waals surface area contributed by atoms with Crippen LogP contribution < -0.4 is 10.6 Å². The van der Waals surface area contributed by atoms with E-state index >= 15 is 0 Å². The highest BCUT2D eigenvalue weighted by molar-refractivity contribution is 6.00. The van der Waals surface area contributed by atoms with Gasteiger partial charge in [0.15, 0.2) is 0 Å². The van der Waals surface area contributed by atoms with Crippen LogP contribution in [0, 0.1) is 0 Å². The number of aliphatic hydroxyl groups excluding tert-OH is 1. The van der Waals surface area contributed by atoms with Gasteiger partial charge in [0.25, 0.3) is 0 Å². The van der Waals surface area contributed by atoms with Crippen LogP contribution in [-0.2, 0) is 20.9 Å². The zero-order valence-corrected chi connectivity index (χ0v) is 12.3. The number of hydrogen-bond donors (Lipinski definition) is 4. The smallest absolute Gasteiger partial charge is 0.322 e. The van der Waals surface area contributed by atoms with Gasteiger partial charge in [-0.05, 0) is 18.1 Å². The van der Waals surface area contributed by atoms with Gasteiger partial charge < -0.3 is 15.5 Å². The van der Waals surface area contributed by atoms with Gasteiger partial charge in [-0.15, -0.1) is 0 Å². The number of amides is 2. The number of aliphatic carboxylic acids is 1. The first kappa shape index (κ1) is 15.4. The maximum Gasteiger partial charge on any atom is 0.322 e. The fraction of sp³-hybridized carbons (Fsp3) is 0.400. The van der Waals surface area contributed by atoms with Gasteiger partial charge in [0, 0.05) is 24.2 Å². The molecule has 2 amide bonds. The van der Waals surface area contributed by atoms with E-state index in [-0.39, 0.29) is 18.9 Å². The molecular formula is C15H17N3O5. The zero-order valence-electron chi connectivity index (χ0n) is 12.3. The van der Waals surface area contributed by atoms with Crippen LogP contribution in [0.15, 0.2) is 18.2 Å². The van der Waals surface area contributed by atoms with Crippen LogP contribution in [0.2, 0.25) is 0 Å². The molecule has 0 aliphatic carbocycles. The molecule has 8 heteroatoms. The highest BCUT2D eigenvalue weighted by atomic mass is 16.4. The third-order valence-corrected chi connectivity index (χ3v) is 4.19. The van der Waals surface area contributed by atoms with Crippen LogP contribution in [0.25, 0.3) is 0 Å². The van der Waals surface area contributed by atoms with Gasteiger partial charge in [0.1, 0.15) is 12.8 Å². The van der Waals surface area contributed by atoms with E-state index in [1.807, 2.05) is 0 Å². The fourth-order valence-corrected chi connectivity index (χ4v) is 3.09. The number of rotatable bonds is 4. The van der Waals surface area contributed by atoms with E-state index in [2.05, 4.69) is 10.6 Å². The number of hydrogen-bond acceptors (Lipinski definition) is 6. The van der Waals surface area contributed by atoms with Gasteiger partial charge in [-0.3, -0.25) is 24.6 Å². The van der Waals surface area contributed by atoms with Crippen molar-refractivity contribution in [1.82, 2.24) is 10.2 Å². The first-order valence-corrected chi connectivity index (χ1v) is 7.32. The first-order valence-electron chi connectivity index (χ1n) is 7.32. The summed E-state index contributed by atoms with van der Waals surface area (Å²) in [7, 11) is 0. The molecule has 4 N–H and O–H groups in total. The predicted molar refractivity (Wildman–Crippen MR) is 79.2 cm³/mol. The minimum atomic E-state index is -0.983. The Balaban J connectivity index is 1.82. The van der Waals surface area contributed by atoms with Crippen LogP contribution in [0.4, 0.5) is 5.69 Å². The summed E-state index contributed by atoms with van der Waals surface area (Å²) in [6.07, 6.45) is -0.367. The third kappa shape index (κ3) is 2.90. The number of nitrogens with zero attached hydrogens (tertiary/aromatic N) is 1. The topological polar surface area (TPSA) is 119 Å². The Morgan fingerprint density at radius 2 is 2.17 bits per heavy atom. The lowest BCUT2D eigenvalue weighted by Crippen LogP contribution is -2.51. The molecule has 0 aromatic heterocycles. The van der Waals surface area contributed by atoms with Gasteiger partial charge in [-0.1, -0.05) is 12.1 Å². The van der Waals surface area contributed by atoms with Gasteiger partial charge in [-0.25, -0.2) is 0 Å². The van der Waals surface area contributed by atoms with E-state index in [0.717, 1.165) is 5.56 Å². The van der Waals surface area contributed by atoms with Crippen LogP contribution in [0.1, 0.15) is 30.2 Å². The number of anilines is 1. The summed E-state index contributed by atoms with van der Waals surface area (Å²) in [6.45, 7) is 0.0799. The molecule has 2 aliphatic heterocycles. The van der Waals surface area contributed by atoms with E-state index < -0.39 is 24.1 Å². The molecule has 2 atom stereocenters. The molecular weight excluding hydrogens is 302 g/mol. The van der Waals surface area contributed by atoms with Crippen LogP contribution >= 0.6 is 0 Å². The van der Waals surface area contributed by atoms with Crippen molar-refractivity contribution in [2.75, 3.05) is 11.9 Å². The lowest BCUT2D eigenvalue weighted by Gasteiger charge is -2.31. The number of carboxylic acid groups (broad SMARTS) is 1. The Kier molecular flexibility index (Phi) is 4.01. The van der Waals surface area contributed by atoms with Crippen molar-refractivity contribution in [3.63, 3.8) is 0 Å². The normalized spacial score (nSPS) is 24.2. The quantitative estimate of drug-likeness (QED) is 0.567. The zero-order chi connectivity index (χ0) is 16.6. The Bertz CT molecular complexity index is 675. The van der Waals surface area contributed by atoms with Gasteiger partial charge >= 0.3 is 5.97 Å². The molecule has 0 radical (unpaired) electrons. The van der Waals surface area contributed by atoms with Gasteiger partial charge in [-0.2, -0.15) is 0 Å². The highest BCUT2D eigenvalue weighted by Crippen LogP contribution is 2.38. The molecule has 3 rings (SSSR count). The van der Waals surface area contributed by atoms with Crippen molar-refractivity contribution >= 4 is 23.5 Å². The molecule has 122 valence electrons. The molecule has 1 aromatic carbocycles. The molecule has 1 aromatic rings. The van der Waals surface area contributed by atoms with Crippen molar-refractivity contribution in [2.24, 2.45) is 0 Å². The van der Waals surface area contributed by atoms with Crippen molar-refractivity contribution in [3.05, 3.63) is 29.3 Å². The van der Waals surface area contributed by atoms with Crippen molar-refractivity contribution in [1.29, 1.82) is 0 Å². The van der Waals surface area contributed by atoms with Crippen molar-refractivity contribution in [2.45, 2.75) is 31.7 Å². The molecule has 0 saturated carbocycles. The summed E-state index contributed by atoms with van der Waals surface area (Å²) in [6, 6.07) is 4.63. The average Bonchev–Trinajstić information content (AvgIpc) is 2.83. The number of nitrogens with one attached hydrogen (secondary N) is 2. The molecule has 8 nitrogen and oxygen atoms in total. The number of carbonyl (C=O) groups is 3. The van der Waals surface area contributed by atoms with E-state index in [4.69, 9.17) is 5.11 Å². The molecule has 0 spiro atoms. The molecule has 23 heavy (non-hydrogen) atoms. The summed E-state index contributed by atoms with van der Waals surface area (Å²) in [5.41, 5.74) is 2.04. The van der Waals surface area contributed by atoms with Crippen molar-refractivity contribution < 1.29 is 24.6 Å². The fourth-order valence-electron chi connectivity index (χ4n) is 3.09. The summed E-state index contributed by atoms with van der Waals surface area (Å²) < 4.78 is 0. The second-order valence-electron chi connectivity index (χ2n) is 5.63. The highest BCUT2D eigenvalue weighted by Gasteiger charge is 2.40. The Labute approximate surface area is 132 Å². The number of carboxylic acids is 1. The van der Waals surface area contributed by atoms with Gasteiger partial charge in [0.2, 0.25) is 11.8 Å². The number of fused-ring (bicyclic) bond motifs is 1. The third-order valence-electron chi connectivity index (χ3n) is 4.19. The molecule has 2 unspecified atom stereocenters. The number of carbonyl (C=O) groups excluding carboxylic acids is 2. The average molecular weight is 319 g/mol. The van der Waals surface area contributed by atoms with Gasteiger partial charge in [0.05, 0.1) is 6.04 Å². The van der Waals surface area contributed by atoms with E-state index in [0.29, 0.717) is 24.2 Å². The monoisotopic (exact) mass is 319 g/mol. The van der Waals surface area contributed by atoms with E-state index in [9.17, 15) is 19.5 Å². The second kappa shape index (κ2) is 5.98. The van der Waals surface area contributed by atoms with E-state index in [1.54, 1.807) is 23.1 Å². The van der Waals surface area contributed by atoms with Crippen LogP contribution in [0.3, 0.4) is 0 Å². The Hall–Kier alpha value is -2.45. The SMILES string of the molecule is O=C(O)CNc1cccc2c1CN(C1CCC(=O)NC1=O)C2O. The summed E-state index contributed by atoms with van der Waals surface area (Å²) >= 11 is 0. The number of imide groups is 1. The summed E-state index contributed by atoms with van der Waals surface area (Å²) in [5.74, 6) is -1.70.